The number of ketones is 1. The van der Waals surface area contributed by atoms with Crippen molar-refractivity contribution in [1.29, 1.82) is 0 Å². The number of halogens is 1. The number of carbonyl (C=O) groups is 2. The van der Waals surface area contributed by atoms with Crippen LogP contribution >= 0.6 is 0 Å². The first-order valence-corrected chi connectivity index (χ1v) is 18.6. The van der Waals surface area contributed by atoms with Crippen molar-refractivity contribution in [2.45, 2.75) is 172 Å². The number of Topliss-reactive ketones (excluding diaryl/α,β-unsaturated/α-hetero) is 1. The molecule has 18 atom stereocenters. The number of nitrogens with zero attached hydrogens (tertiary/aromatic N) is 1. The number of ether oxygens (including phenoxy) is 6. The number of cyclic esters (lactones) is 1. The molecule has 5 N–H and O–H groups in total. The van der Waals surface area contributed by atoms with Gasteiger partial charge in [-0.05, 0) is 68.5 Å². The van der Waals surface area contributed by atoms with E-state index in [0.29, 0.717) is 6.42 Å². The summed E-state index contributed by atoms with van der Waals surface area (Å²) in [6, 6.07) is -0.355. The molecule has 0 aliphatic carbocycles. The number of aliphatic hydroxyl groups excluding tert-OH is 3. The van der Waals surface area contributed by atoms with Crippen molar-refractivity contribution in [3.8, 4) is 0 Å². The zero-order valence-electron chi connectivity index (χ0n) is 33.0. The van der Waals surface area contributed by atoms with E-state index < -0.39 is 121 Å². The van der Waals surface area contributed by atoms with Gasteiger partial charge in [-0.15, -0.1) is 0 Å². The normalized spacial score (nSPS) is 49.0. The van der Waals surface area contributed by atoms with Crippen LogP contribution in [-0.2, 0) is 38.0 Å². The fraction of sp³-hybridized carbons (Fsp3) is 0.946. The highest BCUT2D eigenvalue weighted by atomic mass is 19.1. The van der Waals surface area contributed by atoms with Crippen molar-refractivity contribution in [3.63, 3.8) is 0 Å². The first-order chi connectivity index (χ1) is 23.9. The molecule has 0 saturated carbocycles. The monoisotopic (exact) mass is 751 g/mol. The van der Waals surface area contributed by atoms with Gasteiger partial charge in [0.1, 0.15) is 29.7 Å². The van der Waals surface area contributed by atoms with Gasteiger partial charge in [-0.1, -0.05) is 20.8 Å². The van der Waals surface area contributed by atoms with Crippen LogP contribution in [0.3, 0.4) is 0 Å². The summed E-state index contributed by atoms with van der Waals surface area (Å²) < 4.78 is 50.6. The lowest BCUT2D eigenvalue weighted by Gasteiger charge is -2.49. The lowest BCUT2D eigenvalue weighted by Crippen LogP contribution is -2.61. The number of hydrogen-bond acceptors (Lipinski definition) is 14. The van der Waals surface area contributed by atoms with E-state index in [0.717, 1.165) is 0 Å². The Labute approximate surface area is 308 Å². The van der Waals surface area contributed by atoms with E-state index >= 15 is 0 Å². The van der Waals surface area contributed by atoms with E-state index in [9.17, 15) is 39.5 Å². The second-order valence-corrected chi connectivity index (χ2v) is 16.5. The lowest BCUT2D eigenvalue weighted by atomic mass is 9.74. The van der Waals surface area contributed by atoms with Gasteiger partial charge in [0, 0.05) is 43.7 Å². The molecule has 0 radical (unpaired) electrons. The van der Waals surface area contributed by atoms with E-state index in [1.807, 2.05) is 25.9 Å². The van der Waals surface area contributed by atoms with Gasteiger partial charge in [-0.2, -0.15) is 0 Å². The van der Waals surface area contributed by atoms with Crippen LogP contribution in [0.15, 0.2) is 0 Å². The van der Waals surface area contributed by atoms with Crippen LogP contribution in [-0.4, -0.2) is 154 Å². The average molecular weight is 752 g/mol. The fourth-order valence-electron chi connectivity index (χ4n) is 8.36. The first-order valence-electron chi connectivity index (χ1n) is 18.6. The number of aliphatic hydroxyl groups is 5. The van der Waals surface area contributed by atoms with Gasteiger partial charge in [0.15, 0.2) is 12.6 Å². The Bertz CT molecular complexity index is 1190. The Morgan fingerprint density at radius 3 is 2.08 bits per heavy atom. The molecule has 0 spiro atoms. The van der Waals surface area contributed by atoms with E-state index in [4.69, 9.17) is 28.4 Å². The molecule has 52 heavy (non-hydrogen) atoms. The molecule has 3 aliphatic heterocycles. The van der Waals surface area contributed by atoms with Crippen molar-refractivity contribution in [2.24, 2.45) is 23.7 Å². The summed E-state index contributed by atoms with van der Waals surface area (Å²) in [7, 11) is 5.11. The van der Waals surface area contributed by atoms with Crippen molar-refractivity contribution in [2.75, 3.05) is 27.9 Å². The van der Waals surface area contributed by atoms with E-state index in [-0.39, 0.29) is 25.0 Å². The molecule has 3 fully saturated rings. The molecular weight excluding hydrogens is 685 g/mol. The number of alkyl halides is 1. The first kappa shape index (κ1) is 45.0. The quantitative estimate of drug-likeness (QED) is 0.225. The molecule has 304 valence electrons. The highest BCUT2D eigenvalue weighted by molar-refractivity contribution is 5.83. The fourth-order valence-corrected chi connectivity index (χ4v) is 8.36. The summed E-state index contributed by atoms with van der Waals surface area (Å²) >= 11 is 0. The van der Waals surface area contributed by atoms with E-state index in [1.165, 1.54) is 34.8 Å². The third-order valence-corrected chi connectivity index (χ3v) is 11.8. The second kappa shape index (κ2) is 17.6. The second-order valence-electron chi connectivity index (χ2n) is 16.5. The molecular formula is C37H66FNO13. The molecule has 0 bridgehead atoms. The maximum atomic E-state index is 14.1. The summed E-state index contributed by atoms with van der Waals surface area (Å²) in [5.41, 5.74) is -5.17. The Balaban J connectivity index is 2.20. The van der Waals surface area contributed by atoms with Crippen LogP contribution in [0.2, 0.25) is 0 Å². The summed E-state index contributed by atoms with van der Waals surface area (Å²) in [5, 5.41) is 57.5. The van der Waals surface area contributed by atoms with Crippen molar-refractivity contribution < 1.29 is 67.9 Å². The molecule has 0 amide bonds. The molecule has 14 nitrogen and oxygen atoms in total. The van der Waals surface area contributed by atoms with E-state index in [2.05, 4.69) is 0 Å². The number of hydrogen-bond donors (Lipinski definition) is 5. The topological polar surface area (TPSA) is 194 Å². The molecule has 0 aromatic heterocycles. The Morgan fingerprint density at radius 1 is 0.904 bits per heavy atom. The standard InChI is InChI=1S/C37H66FNO13/c1-18-16-35(7,45)32(52-34-28(41)24(39(10)11)15-19(2)48-34)21(4)29(51-26-17-36(8,47-12)31(43)23(6)49-26)22(5)33(44)50-25(13-14-38)37(9,46)30(42)20(3)27(18)40/h18-26,28-32,34,41-43,45-46H,13-17H2,1-12H3/t18-,19-,20+,21+,22-,23+,24+,25-,26+,28-,29+,30-,31+,32-,34+,35-,36-,37-/m1/s1. The lowest BCUT2D eigenvalue weighted by molar-refractivity contribution is -0.318. The van der Waals surface area contributed by atoms with Crippen molar-refractivity contribution in [1.82, 2.24) is 4.90 Å². The minimum absolute atomic E-state index is 0.0448. The Kier molecular flexibility index (Phi) is 15.3. The minimum Gasteiger partial charge on any atom is -0.459 e. The van der Waals surface area contributed by atoms with Gasteiger partial charge in [0.25, 0.3) is 0 Å². The van der Waals surface area contributed by atoms with Crippen LogP contribution in [0, 0.1) is 23.7 Å². The van der Waals surface area contributed by atoms with Gasteiger partial charge < -0.3 is 58.9 Å². The largest absolute Gasteiger partial charge is 0.459 e. The maximum Gasteiger partial charge on any atom is 0.311 e. The van der Waals surface area contributed by atoms with Crippen LogP contribution < -0.4 is 0 Å². The van der Waals surface area contributed by atoms with E-state index in [1.54, 1.807) is 27.7 Å². The third kappa shape index (κ3) is 9.70. The number of methoxy groups -OCH3 is 1. The summed E-state index contributed by atoms with van der Waals surface area (Å²) in [5.74, 6) is -5.61. The molecule has 3 aliphatic rings. The minimum atomic E-state index is -2.23. The molecule has 0 aromatic rings. The maximum absolute atomic E-state index is 14.1. The van der Waals surface area contributed by atoms with Gasteiger partial charge in [-0.25, -0.2) is 0 Å². The highest BCUT2D eigenvalue weighted by Crippen LogP contribution is 2.40. The third-order valence-electron chi connectivity index (χ3n) is 11.8. The predicted octanol–water partition coefficient (Wildman–Crippen LogP) is 1.74. The zero-order chi connectivity index (χ0) is 39.7. The van der Waals surface area contributed by atoms with Gasteiger partial charge in [-0.3, -0.25) is 14.0 Å². The van der Waals surface area contributed by atoms with Crippen LogP contribution in [0.4, 0.5) is 4.39 Å². The van der Waals surface area contributed by atoms with Gasteiger partial charge in [0.05, 0.1) is 54.3 Å². The predicted molar refractivity (Wildman–Crippen MR) is 187 cm³/mol. The molecule has 3 heterocycles. The highest BCUT2D eigenvalue weighted by Gasteiger charge is 2.53. The van der Waals surface area contributed by atoms with Gasteiger partial charge in [0.2, 0.25) is 0 Å². The van der Waals surface area contributed by atoms with Crippen molar-refractivity contribution >= 4 is 11.8 Å². The van der Waals surface area contributed by atoms with Crippen LogP contribution in [0.25, 0.3) is 0 Å². The molecule has 15 heteroatoms. The molecule has 0 aromatic carbocycles. The van der Waals surface area contributed by atoms with Crippen LogP contribution in [0.1, 0.15) is 88.0 Å². The SMILES string of the molecule is CO[C@]1(C)C[C@H](O[C@H]2[C@H](C)[C@@H](O[C@@H]3O[C@H](C)C[C@H](N(C)C)[C@H]3O)[C@](C)(O)C[C@@H](C)C(=O)[C@H](C)[C@@H](O)[C@](C)(O)[C@@H](CCF)OC(=O)[C@@H]2C)O[C@@H](C)[C@@H]1O. The zero-order valence-corrected chi connectivity index (χ0v) is 33.0. The van der Waals surface area contributed by atoms with Gasteiger partial charge >= 0.3 is 5.97 Å². The molecule has 0 unspecified atom stereocenters. The summed E-state index contributed by atoms with van der Waals surface area (Å²) in [6.45, 7) is 13.1. The molecule has 3 rings (SSSR count). The summed E-state index contributed by atoms with van der Waals surface area (Å²) in [4.78, 5) is 29.7. The smallest absolute Gasteiger partial charge is 0.311 e. The summed E-state index contributed by atoms with van der Waals surface area (Å²) in [6.07, 6.45) is -11.4. The van der Waals surface area contributed by atoms with Crippen molar-refractivity contribution in [3.05, 3.63) is 0 Å². The molecule has 3 saturated heterocycles. The number of esters is 1. The Morgan fingerprint density at radius 2 is 1.52 bits per heavy atom. The Hall–Kier alpha value is -1.37. The average Bonchev–Trinajstić information content (AvgIpc) is 3.06. The number of carbonyl (C=O) groups excluding carboxylic acids is 2. The number of likely N-dealkylation sites (N-methyl/N-ethyl adjacent to an activating group) is 1. The van der Waals surface area contributed by atoms with Crippen LogP contribution in [0.5, 0.6) is 0 Å². The number of rotatable bonds is 8.